The Kier molecular flexibility index (Phi) is 4.37. The molecule has 2 rings (SSSR count). The zero-order valence-corrected chi connectivity index (χ0v) is 10.7. The predicted molar refractivity (Wildman–Crippen MR) is 49.9 cm³/mol. The Balaban J connectivity index is 0.000000980. The molecule has 1 radical (unpaired) electrons. The smallest absolute Gasteiger partial charge is 0 e. The van der Waals surface area contributed by atoms with E-state index in [1.165, 1.54) is 0 Å². The van der Waals surface area contributed by atoms with Crippen molar-refractivity contribution in [3.63, 3.8) is 0 Å². The van der Waals surface area contributed by atoms with Gasteiger partial charge in [-0.1, -0.05) is 6.92 Å². The molecule has 0 bridgehead atoms. The van der Waals surface area contributed by atoms with Crippen molar-refractivity contribution >= 4 is 0 Å². The van der Waals surface area contributed by atoms with E-state index in [0.717, 1.165) is 17.0 Å². The first-order valence-corrected chi connectivity index (χ1v) is 4.03. The van der Waals surface area contributed by atoms with Crippen LogP contribution in [0.5, 0.6) is 0 Å². The van der Waals surface area contributed by atoms with Crippen LogP contribution in [-0.2, 0) is 32.7 Å². The molecule has 2 aromatic heterocycles. The van der Waals surface area contributed by atoms with E-state index < -0.39 is 0 Å². The van der Waals surface area contributed by atoms with Gasteiger partial charge in [-0.3, -0.25) is 0 Å². The van der Waals surface area contributed by atoms with E-state index in [2.05, 4.69) is 22.1 Å². The van der Waals surface area contributed by atoms with Gasteiger partial charge < -0.3 is 9.97 Å². The molecular formula is C11H8N2Y-2. The molecule has 2 nitrogen and oxygen atoms in total. The Labute approximate surface area is 109 Å². The zero-order chi connectivity index (χ0) is 9.10. The predicted octanol–water partition coefficient (Wildman–Crippen LogP) is 2.05. The van der Waals surface area contributed by atoms with Crippen LogP contribution < -0.4 is 0 Å². The molecule has 0 saturated heterocycles. The van der Waals surface area contributed by atoms with Crippen molar-refractivity contribution < 1.29 is 32.7 Å². The summed E-state index contributed by atoms with van der Waals surface area (Å²) in [5, 5.41) is 0. The molecule has 3 heteroatoms. The fraction of sp³-hybridized carbons (Fsp3) is 0.0909. The van der Waals surface area contributed by atoms with E-state index in [1.54, 1.807) is 12.4 Å². The topological polar surface area (TPSA) is 25.8 Å². The number of hydrogen-bond acceptors (Lipinski definition) is 2. The Hall–Kier alpha value is -0.596. The Morgan fingerprint density at radius 3 is 2.50 bits per heavy atom. The van der Waals surface area contributed by atoms with E-state index >= 15 is 0 Å². The summed E-state index contributed by atoms with van der Waals surface area (Å²) >= 11 is 0. The largest absolute Gasteiger partial charge is 0.357 e. The van der Waals surface area contributed by atoms with Gasteiger partial charge in [0, 0.05) is 32.7 Å². The number of rotatable bonds is 1. The van der Waals surface area contributed by atoms with E-state index in [4.69, 9.17) is 0 Å². The second kappa shape index (κ2) is 5.33. The van der Waals surface area contributed by atoms with Crippen molar-refractivity contribution in [2.45, 2.75) is 6.92 Å². The molecule has 2 heterocycles. The van der Waals surface area contributed by atoms with Crippen LogP contribution in [-0.4, -0.2) is 9.97 Å². The number of hydrogen-bond donors (Lipinski definition) is 0. The molecule has 0 unspecified atom stereocenters. The van der Waals surface area contributed by atoms with Gasteiger partial charge in [0.05, 0.1) is 0 Å². The van der Waals surface area contributed by atoms with E-state index in [1.807, 2.05) is 25.1 Å². The fourth-order valence-electron chi connectivity index (χ4n) is 1.01. The van der Waals surface area contributed by atoms with Gasteiger partial charge in [0.1, 0.15) is 0 Å². The summed E-state index contributed by atoms with van der Waals surface area (Å²) in [5.41, 5.74) is 2.58. The standard InChI is InChI=1S/C11H8N2.Y/c1-9-5-6-11(13-8-9)10-4-2-3-7-12-10;/h2-3,5,7-8H,1H3;/q-2;. The minimum atomic E-state index is 0. The third-order valence-electron chi connectivity index (χ3n) is 1.66. The van der Waals surface area contributed by atoms with E-state index in [9.17, 15) is 0 Å². The van der Waals surface area contributed by atoms with Gasteiger partial charge in [0.15, 0.2) is 0 Å². The van der Waals surface area contributed by atoms with Gasteiger partial charge in [0.25, 0.3) is 0 Å². The molecule has 2 aromatic rings. The van der Waals surface area contributed by atoms with Crippen molar-refractivity contribution in [1.82, 2.24) is 9.97 Å². The van der Waals surface area contributed by atoms with Gasteiger partial charge >= 0.3 is 0 Å². The molecule has 14 heavy (non-hydrogen) atoms. The number of aromatic nitrogens is 2. The number of nitrogens with zero attached hydrogens (tertiary/aromatic N) is 2. The molecule has 0 spiro atoms. The summed E-state index contributed by atoms with van der Waals surface area (Å²) in [6.45, 7) is 1.98. The molecule has 0 atom stereocenters. The summed E-state index contributed by atoms with van der Waals surface area (Å²) in [5.74, 6) is 0. The van der Waals surface area contributed by atoms with Gasteiger partial charge in [-0.2, -0.15) is 12.1 Å². The second-order valence-corrected chi connectivity index (χ2v) is 2.77. The number of aryl methyl sites for hydroxylation is 1. The Morgan fingerprint density at radius 1 is 1.14 bits per heavy atom. The SMILES string of the molecule is Cc1c[c-]c(-c2[c-]cccn2)nc1.[Y]. The van der Waals surface area contributed by atoms with Crippen molar-refractivity contribution in [2.75, 3.05) is 0 Å². The fourth-order valence-corrected chi connectivity index (χ4v) is 1.01. The maximum absolute atomic E-state index is 4.20. The van der Waals surface area contributed by atoms with Crippen molar-refractivity contribution in [3.05, 3.63) is 48.3 Å². The molecule has 0 aliphatic rings. The van der Waals surface area contributed by atoms with Crippen molar-refractivity contribution in [2.24, 2.45) is 0 Å². The summed E-state index contributed by atoms with van der Waals surface area (Å²) in [4.78, 5) is 8.33. The van der Waals surface area contributed by atoms with Gasteiger partial charge in [-0.05, 0) is 12.4 Å². The van der Waals surface area contributed by atoms with Gasteiger partial charge in [0.2, 0.25) is 0 Å². The third kappa shape index (κ3) is 2.69. The first kappa shape index (κ1) is 11.5. The van der Waals surface area contributed by atoms with Crippen LogP contribution in [0.3, 0.4) is 0 Å². The van der Waals surface area contributed by atoms with Crippen LogP contribution in [0.2, 0.25) is 0 Å². The zero-order valence-electron chi connectivity index (χ0n) is 7.86. The first-order chi connectivity index (χ1) is 6.36. The second-order valence-electron chi connectivity index (χ2n) is 2.77. The maximum Gasteiger partial charge on any atom is 0 e. The van der Waals surface area contributed by atoms with Crippen molar-refractivity contribution in [1.29, 1.82) is 0 Å². The minimum Gasteiger partial charge on any atom is -0.357 e. The maximum atomic E-state index is 4.20. The monoisotopic (exact) mass is 257 g/mol. The molecule has 0 amide bonds. The Morgan fingerprint density at radius 2 is 1.93 bits per heavy atom. The average molecular weight is 257 g/mol. The van der Waals surface area contributed by atoms with Gasteiger partial charge in [-0.25, -0.2) is 12.1 Å². The van der Waals surface area contributed by atoms with Crippen molar-refractivity contribution in [3.8, 4) is 11.4 Å². The molecule has 0 saturated carbocycles. The van der Waals surface area contributed by atoms with Crippen LogP contribution in [0, 0.1) is 19.1 Å². The molecule has 0 aromatic carbocycles. The van der Waals surface area contributed by atoms with E-state index in [-0.39, 0.29) is 32.7 Å². The molecular weight excluding hydrogens is 249 g/mol. The summed E-state index contributed by atoms with van der Waals surface area (Å²) in [6, 6.07) is 11.6. The van der Waals surface area contributed by atoms with Gasteiger partial charge in [-0.15, -0.1) is 23.0 Å². The summed E-state index contributed by atoms with van der Waals surface area (Å²) in [6.07, 6.45) is 3.52. The molecule has 0 N–H and O–H groups in total. The molecule has 0 fully saturated rings. The summed E-state index contributed by atoms with van der Waals surface area (Å²) in [7, 11) is 0. The summed E-state index contributed by atoms with van der Waals surface area (Å²) < 4.78 is 0. The third-order valence-corrected chi connectivity index (χ3v) is 1.66. The molecule has 0 aliphatic carbocycles. The first-order valence-electron chi connectivity index (χ1n) is 4.03. The molecule has 0 aliphatic heterocycles. The quantitative estimate of drug-likeness (QED) is 0.731. The average Bonchev–Trinajstić information content (AvgIpc) is 2.20. The van der Waals surface area contributed by atoms with Crippen LogP contribution in [0.25, 0.3) is 11.4 Å². The number of pyridine rings is 2. The van der Waals surface area contributed by atoms with Crippen LogP contribution in [0.4, 0.5) is 0 Å². The normalized spacial score (nSPS) is 9.21. The molecule has 67 valence electrons. The van der Waals surface area contributed by atoms with Crippen LogP contribution in [0.15, 0.2) is 30.6 Å². The van der Waals surface area contributed by atoms with Crippen LogP contribution in [0.1, 0.15) is 5.56 Å². The van der Waals surface area contributed by atoms with E-state index in [0.29, 0.717) is 0 Å². The Bertz CT molecular complexity index is 384. The minimum absolute atomic E-state index is 0. The van der Waals surface area contributed by atoms with Crippen LogP contribution >= 0.6 is 0 Å².